The molecule has 5 heteroatoms. The molecule has 5 nitrogen and oxygen atoms in total. The lowest BCUT2D eigenvalue weighted by Crippen LogP contribution is -2.44. The summed E-state index contributed by atoms with van der Waals surface area (Å²) in [5.41, 5.74) is 0.999. The smallest absolute Gasteiger partial charge is 0.191 e. The Balaban J connectivity index is 1.75. The van der Waals surface area contributed by atoms with Gasteiger partial charge in [-0.1, -0.05) is 38.8 Å². The van der Waals surface area contributed by atoms with Gasteiger partial charge in [-0.05, 0) is 37.5 Å². The largest absolute Gasteiger partial charge is 0.359 e. The van der Waals surface area contributed by atoms with Gasteiger partial charge in [0, 0.05) is 19.2 Å². The maximum absolute atomic E-state index is 5.36. The summed E-state index contributed by atoms with van der Waals surface area (Å²) in [6, 6.07) is 2.55. The van der Waals surface area contributed by atoms with Gasteiger partial charge >= 0.3 is 0 Å². The fourth-order valence-corrected chi connectivity index (χ4v) is 3.25. The van der Waals surface area contributed by atoms with Crippen LogP contribution in [0.25, 0.3) is 0 Å². The molecule has 0 bridgehead atoms. The summed E-state index contributed by atoms with van der Waals surface area (Å²) in [6.07, 6.45) is 7.84. The van der Waals surface area contributed by atoms with E-state index >= 15 is 0 Å². The Labute approximate surface area is 140 Å². The van der Waals surface area contributed by atoms with Crippen molar-refractivity contribution in [1.29, 1.82) is 0 Å². The number of guanidine groups is 1. The van der Waals surface area contributed by atoms with E-state index in [-0.39, 0.29) is 0 Å². The summed E-state index contributed by atoms with van der Waals surface area (Å²) in [5, 5.41) is 11.0. The fourth-order valence-electron chi connectivity index (χ4n) is 3.25. The first-order valence-electron chi connectivity index (χ1n) is 9.05. The number of aromatic nitrogens is 1. The molecule has 1 aliphatic carbocycles. The molecule has 2 N–H and O–H groups in total. The molecule has 1 aliphatic rings. The highest BCUT2D eigenvalue weighted by Gasteiger charge is 2.21. The van der Waals surface area contributed by atoms with E-state index in [1.165, 1.54) is 38.5 Å². The minimum Gasteiger partial charge on any atom is -0.359 e. The van der Waals surface area contributed by atoms with Crippen molar-refractivity contribution >= 4 is 5.96 Å². The maximum Gasteiger partial charge on any atom is 0.191 e. The molecule has 0 saturated heterocycles. The number of hydrogen-bond donors (Lipinski definition) is 2. The zero-order chi connectivity index (χ0) is 16.7. The number of rotatable bonds is 6. The van der Waals surface area contributed by atoms with Gasteiger partial charge in [0.2, 0.25) is 0 Å². The normalized spacial score (nSPS) is 22.4. The maximum atomic E-state index is 5.36. The Morgan fingerprint density at radius 1 is 1.35 bits per heavy atom. The van der Waals surface area contributed by atoms with Gasteiger partial charge in [0.05, 0.1) is 12.2 Å². The van der Waals surface area contributed by atoms with Gasteiger partial charge in [-0.25, -0.2) is 0 Å². The van der Waals surface area contributed by atoms with Crippen LogP contribution < -0.4 is 10.6 Å². The lowest BCUT2D eigenvalue weighted by molar-refractivity contribution is 0.294. The molecule has 1 fully saturated rings. The van der Waals surface area contributed by atoms with Crippen molar-refractivity contribution in [3.8, 4) is 0 Å². The molecule has 1 aromatic heterocycles. The van der Waals surface area contributed by atoms with Crippen LogP contribution in [0.3, 0.4) is 0 Å². The van der Waals surface area contributed by atoms with Crippen LogP contribution in [0.1, 0.15) is 76.7 Å². The zero-order valence-electron chi connectivity index (χ0n) is 15.1. The highest BCUT2D eigenvalue weighted by molar-refractivity contribution is 5.79. The Hall–Kier alpha value is -1.52. The second kappa shape index (κ2) is 8.94. The molecular formula is C18H32N4O. The van der Waals surface area contributed by atoms with Crippen molar-refractivity contribution < 1.29 is 4.52 Å². The Morgan fingerprint density at radius 3 is 2.65 bits per heavy atom. The monoisotopic (exact) mass is 320 g/mol. The van der Waals surface area contributed by atoms with Crippen molar-refractivity contribution in [3.05, 3.63) is 17.5 Å². The summed E-state index contributed by atoms with van der Waals surface area (Å²) in [5.74, 6) is 3.02. The van der Waals surface area contributed by atoms with Crippen molar-refractivity contribution in [1.82, 2.24) is 15.8 Å². The summed E-state index contributed by atoms with van der Waals surface area (Å²) >= 11 is 0. The third kappa shape index (κ3) is 5.56. The first-order valence-corrected chi connectivity index (χ1v) is 9.05. The molecule has 0 aromatic carbocycles. The van der Waals surface area contributed by atoms with Gasteiger partial charge in [-0.15, -0.1) is 0 Å². The topological polar surface area (TPSA) is 62.5 Å². The molecule has 0 radical (unpaired) electrons. The molecule has 130 valence electrons. The van der Waals surface area contributed by atoms with Crippen LogP contribution in [0.5, 0.6) is 0 Å². The Morgan fingerprint density at radius 2 is 2.09 bits per heavy atom. The predicted octanol–water partition coefficient (Wildman–Crippen LogP) is 3.82. The van der Waals surface area contributed by atoms with Gasteiger partial charge in [0.1, 0.15) is 0 Å². The molecule has 0 spiro atoms. The van der Waals surface area contributed by atoms with E-state index in [2.05, 4.69) is 41.6 Å². The molecule has 23 heavy (non-hydrogen) atoms. The lowest BCUT2D eigenvalue weighted by Gasteiger charge is -2.30. The molecule has 1 heterocycles. The van der Waals surface area contributed by atoms with E-state index in [0.717, 1.165) is 23.3 Å². The van der Waals surface area contributed by atoms with E-state index in [4.69, 9.17) is 4.52 Å². The highest BCUT2D eigenvalue weighted by atomic mass is 16.5. The molecule has 2 rings (SSSR count). The van der Waals surface area contributed by atoms with Crippen LogP contribution in [0.4, 0.5) is 0 Å². The van der Waals surface area contributed by atoms with Gasteiger partial charge in [0.15, 0.2) is 11.7 Å². The Kier molecular flexibility index (Phi) is 6.93. The standard InChI is InChI=1S/C18H32N4O/c1-5-6-14-7-9-15(10-8-14)21-18(19-4)20-12-16-11-17(13(2)3)22-23-16/h11,13-15H,5-10,12H2,1-4H3,(H2,19,20,21). The Bertz CT molecular complexity index is 487. The minimum atomic E-state index is 0.392. The third-order valence-electron chi connectivity index (χ3n) is 4.71. The van der Waals surface area contributed by atoms with Crippen LogP contribution in [0, 0.1) is 5.92 Å². The van der Waals surface area contributed by atoms with Crippen molar-refractivity contribution in [2.24, 2.45) is 10.9 Å². The number of hydrogen-bond acceptors (Lipinski definition) is 3. The molecule has 0 amide bonds. The fraction of sp³-hybridized carbons (Fsp3) is 0.778. The first kappa shape index (κ1) is 17.8. The first-order chi connectivity index (χ1) is 11.1. The van der Waals surface area contributed by atoms with E-state index < -0.39 is 0 Å². The molecule has 0 aliphatic heterocycles. The highest BCUT2D eigenvalue weighted by Crippen LogP contribution is 2.27. The number of nitrogens with one attached hydrogen (secondary N) is 2. The van der Waals surface area contributed by atoms with Gasteiger partial charge in [-0.3, -0.25) is 4.99 Å². The zero-order valence-corrected chi connectivity index (χ0v) is 15.1. The van der Waals surface area contributed by atoms with Crippen LogP contribution in [0.2, 0.25) is 0 Å². The minimum absolute atomic E-state index is 0.392. The van der Waals surface area contributed by atoms with E-state index in [0.29, 0.717) is 18.5 Å². The van der Waals surface area contributed by atoms with Crippen LogP contribution in [-0.2, 0) is 6.54 Å². The summed E-state index contributed by atoms with van der Waals surface area (Å²) in [6.45, 7) is 7.13. The van der Waals surface area contributed by atoms with Crippen LogP contribution in [0.15, 0.2) is 15.6 Å². The lowest BCUT2D eigenvalue weighted by atomic mass is 9.83. The quantitative estimate of drug-likeness (QED) is 0.618. The third-order valence-corrected chi connectivity index (χ3v) is 4.71. The molecule has 0 atom stereocenters. The van der Waals surface area contributed by atoms with Crippen molar-refractivity contribution in [2.75, 3.05) is 7.05 Å². The van der Waals surface area contributed by atoms with Crippen molar-refractivity contribution in [3.63, 3.8) is 0 Å². The summed E-state index contributed by atoms with van der Waals surface area (Å²) < 4.78 is 5.36. The summed E-state index contributed by atoms with van der Waals surface area (Å²) in [7, 11) is 1.82. The number of aliphatic imine (C=N–C) groups is 1. The van der Waals surface area contributed by atoms with Gasteiger partial charge < -0.3 is 15.2 Å². The predicted molar refractivity (Wildman–Crippen MR) is 94.6 cm³/mol. The van der Waals surface area contributed by atoms with E-state index in [1.807, 2.05) is 13.1 Å². The van der Waals surface area contributed by atoms with Gasteiger partial charge in [0.25, 0.3) is 0 Å². The second-order valence-electron chi connectivity index (χ2n) is 6.95. The van der Waals surface area contributed by atoms with Gasteiger partial charge in [-0.2, -0.15) is 0 Å². The number of nitrogens with zero attached hydrogens (tertiary/aromatic N) is 2. The SMILES string of the molecule is CCCC1CCC(NC(=NC)NCc2cc(C(C)C)no2)CC1. The second-order valence-corrected chi connectivity index (χ2v) is 6.95. The van der Waals surface area contributed by atoms with E-state index in [9.17, 15) is 0 Å². The van der Waals surface area contributed by atoms with Crippen LogP contribution >= 0.6 is 0 Å². The van der Waals surface area contributed by atoms with Crippen molar-refractivity contribution in [2.45, 2.75) is 77.8 Å². The van der Waals surface area contributed by atoms with E-state index in [1.54, 1.807) is 0 Å². The molecular weight excluding hydrogens is 288 g/mol. The molecule has 1 saturated carbocycles. The average molecular weight is 320 g/mol. The molecule has 0 unspecified atom stereocenters. The van der Waals surface area contributed by atoms with Crippen LogP contribution in [-0.4, -0.2) is 24.2 Å². The summed E-state index contributed by atoms with van der Waals surface area (Å²) in [4.78, 5) is 4.33. The molecule has 1 aromatic rings. The average Bonchev–Trinajstić information content (AvgIpc) is 3.02.